The molecule has 0 spiro atoms. The highest BCUT2D eigenvalue weighted by atomic mass is 35.5. The van der Waals surface area contributed by atoms with Crippen molar-refractivity contribution in [3.8, 4) is 11.1 Å². The Labute approximate surface area is 155 Å². The van der Waals surface area contributed by atoms with E-state index in [0.29, 0.717) is 12.8 Å². The largest absolute Gasteiger partial charge is 0.361 e. The number of benzene rings is 2. The Balaban J connectivity index is 1.58. The van der Waals surface area contributed by atoms with Gasteiger partial charge in [0, 0.05) is 12.0 Å². The molecule has 4 nitrogen and oxygen atoms in total. The lowest BCUT2D eigenvalue weighted by molar-refractivity contribution is 0.393. The highest BCUT2D eigenvalue weighted by molar-refractivity contribution is 6.30. The van der Waals surface area contributed by atoms with Gasteiger partial charge in [0.2, 0.25) is 0 Å². The lowest BCUT2D eigenvalue weighted by Crippen LogP contribution is -1.94. The van der Waals surface area contributed by atoms with E-state index in [4.69, 9.17) is 16.1 Å². The molecule has 0 bridgehead atoms. The normalized spacial score (nSPS) is 11.4. The zero-order valence-electron chi connectivity index (χ0n) is 14.4. The van der Waals surface area contributed by atoms with E-state index in [1.807, 2.05) is 32.0 Å². The number of halogens is 2. The van der Waals surface area contributed by atoms with Gasteiger partial charge in [-0.3, -0.25) is 0 Å². The monoisotopic (exact) mass is 369 g/mol. The molecule has 2 aromatic heterocycles. The molecular formula is C20H17ClFN3O. The molecule has 2 heterocycles. The van der Waals surface area contributed by atoms with Crippen LogP contribution < -0.4 is 0 Å². The fourth-order valence-electron chi connectivity index (χ4n) is 3.19. The maximum Gasteiger partial charge on any atom is 0.142 e. The molecule has 0 radical (unpaired) electrons. The number of hydrogen-bond donors (Lipinski definition) is 1. The van der Waals surface area contributed by atoms with Crippen LogP contribution in [0.2, 0.25) is 5.02 Å². The zero-order chi connectivity index (χ0) is 18.3. The van der Waals surface area contributed by atoms with Crippen LogP contribution >= 0.6 is 11.6 Å². The van der Waals surface area contributed by atoms with Gasteiger partial charge in [0.25, 0.3) is 0 Å². The Kier molecular flexibility index (Phi) is 4.24. The predicted octanol–water partition coefficient (Wildman–Crippen LogP) is 5.41. The highest BCUT2D eigenvalue weighted by Crippen LogP contribution is 2.29. The van der Waals surface area contributed by atoms with Crippen molar-refractivity contribution in [3.63, 3.8) is 0 Å². The number of aryl methyl sites for hydroxylation is 4. The molecule has 0 aliphatic rings. The van der Waals surface area contributed by atoms with Gasteiger partial charge in [-0.2, -0.15) is 0 Å². The SMILES string of the molecule is Cc1noc(C)c1-c1ccc2nc(CCc3ccc(Cl)c(F)c3)[nH]c2c1. The molecule has 0 unspecified atom stereocenters. The van der Waals surface area contributed by atoms with Gasteiger partial charge in [0.1, 0.15) is 17.4 Å². The molecule has 0 atom stereocenters. The minimum absolute atomic E-state index is 0.143. The van der Waals surface area contributed by atoms with Crippen LogP contribution in [0.4, 0.5) is 4.39 Å². The van der Waals surface area contributed by atoms with E-state index in [-0.39, 0.29) is 5.02 Å². The van der Waals surface area contributed by atoms with Crippen LogP contribution in [0, 0.1) is 19.7 Å². The number of aromatic amines is 1. The lowest BCUT2D eigenvalue weighted by Gasteiger charge is -2.01. The molecule has 6 heteroatoms. The summed E-state index contributed by atoms with van der Waals surface area (Å²) in [5.41, 5.74) is 5.68. The number of hydrogen-bond acceptors (Lipinski definition) is 3. The van der Waals surface area contributed by atoms with Gasteiger partial charge >= 0.3 is 0 Å². The number of nitrogens with zero attached hydrogens (tertiary/aromatic N) is 2. The average Bonchev–Trinajstić information content (AvgIpc) is 3.18. The van der Waals surface area contributed by atoms with Crippen molar-refractivity contribution in [2.75, 3.05) is 0 Å². The van der Waals surface area contributed by atoms with E-state index in [9.17, 15) is 4.39 Å². The number of aromatic nitrogens is 3. The summed E-state index contributed by atoms with van der Waals surface area (Å²) in [7, 11) is 0. The predicted molar refractivity (Wildman–Crippen MR) is 99.9 cm³/mol. The molecule has 1 N–H and O–H groups in total. The van der Waals surface area contributed by atoms with Crippen LogP contribution in [0.25, 0.3) is 22.2 Å². The van der Waals surface area contributed by atoms with Crippen molar-refractivity contribution in [2.45, 2.75) is 26.7 Å². The summed E-state index contributed by atoms with van der Waals surface area (Å²) < 4.78 is 18.8. The first-order chi connectivity index (χ1) is 12.5. The third-order valence-electron chi connectivity index (χ3n) is 4.49. The molecule has 4 aromatic rings. The van der Waals surface area contributed by atoms with Crippen molar-refractivity contribution < 1.29 is 8.91 Å². The molecule has 26 heavy (non-hydrogen) atoms. The van der Waals surface area contributed by atoms with Crippen molar-refractivity contribution in [2.24, 2.45) is 0 Å². The van der Waals surface area contributed by atoms with E-state index in [1.165, 1.54) is 6.07 Å². The number of fused-ring (bicyclic) bond motifs is 1. The van der Waals surface area contributed by atoms with E-state index in [2.05, 4.69) is 21.2 Å². The van der Waals surface area contributed by atoms with Gasteiger partial charge < -0.3 is 9.51 Å². The van der Waals surface area contributed by atoms with Crippen LogP contribution in [-0.2, 0) is 12.8 Å². The fraction of sp³-hybridized carbons (Fsp3) is 0.200. The summed E-state index contributed by atoms with van der Waals surface area (Å²) in [4.78, 5) is 7.97. The van der Waals surface area contributed by atoms with Gasteiger partial charge in [-0.05, 0) is 55.7 Å². The van der Waals surface area contributed by atoms with E-state index >= 15 is 0 Å². The van der Waals surface area contributed by atoms with Gasteiger partial charge in [-0.15, -0.1) is 0 Å². The minimum Gasteiger partial charge on any atom is -0.361 e. The van der Waals surface area contributed by atoms with Crippen LogP contribution in [0.3, 0.4) is 0 Å². The van der Waals surface area contributed by atoms with Crippen molar-refractivity contribution in [1.29, 1.82) is 0 Å². The Bertz CT molecular complexity index is 1080. The van der Waals surface area contributed by atoms with Crippen molar-refractivity contribution >= 4 is 22.6 Å². The number of H-pyrrole nitrogens is 1. The summed E-state index contributed by atoms with van der Waals surface area (Å²) in [6, 6.07) is 11.0. The second-order valence-electron chi connectivity index (χ2n) is 6.36. The number of rotatable bonds is 4. The van der Waals surface area contributed by atoms with Crippen LogP contribution in [0.15, 0.2) is 40.9 Å². The summed E-state index contributed by atoms with van der Waals surface area (Å²) in [6.45, 7) is 3.84. The van der Waals surface area contributed by atoms with Gasteiger partial charge in [-0.1, -0.05) is 28.9 Å². The van der Waals surface area contributed by atoms with E-state index in [0.717, 1.165) is 45.0 Å². The second-order valence-corrected chi connectivity index (χ2v) is 6.77. The third kappa shape index (κ3) is 3.10. The first-order valence-corrected chi connectivity index (χ1v) is 8.75. The van der Waals surface area contributed by atoms with Crippen molar-refractivity contribution in [3.05, 3.63) is 70.1 Å². The lowest BCUT2D eigenvalue weighted by atomic mass is 10.0. The minimum atomic E-state index is -0.391. The van der Waals surface area contributed by atoms with Crippen LogP contribution in [-0.4, -0.2) is 15.1 Å². The Morgan fingerprint density at radius 1 is 1.12 bits per heavy atom. The highest BCUT2D eigenvalue weighted by Gasteiger charge is 2.13. The maximum absolute atomic E-state index is 13.5. The summed E-state index contributed by atoms with van der Waals surface area (Å²) in [5.74, 6) is 1.27. The van der Waals surface area contributed by atoms with Crippen molar-refractivity contribution in [1.82, 2.24) is 15.1 Å². The van der Waals surface area contributed by atoms with Crippen LogP contribution in [0.1, 0.15) is 22.8 Å². The molecular weight excluding hydrogens is 353 g/mol. The number of imidazole rings is 1. The molecule has 132 valence electrons. The van der Waals surface area contributed by atoms with E-state index in [1.54, 1.807) is 6.07 Å². The fourth-order valence-corrected chi connectivity index (χ4v) is 3.31. The quantitative estimate of drug-likeness (QED) is 0.523. The smallest absolute Gasteiger partial charge is 0.142 e. The van der Waals surface area contributed by atoms with Gasteiger partial charge in [-0.25, -0.2) is 9.37 Å². The zero-order valence-corrected chi connectivity index (χ0v) is 15.2. The number of nitrogens with one attached hydrogen (secondary N) is 1. The van der Waals surface area contributed by atoms with Gasteiger partial charge in [0.05, 0.1) is 21.7 Å². The maximum atomic E-state index is 13.5. The molecule has 2 aromatic carbocycles. The Hall–Kier alpha value is -2.66. The summed E-state index contributed by atoms with van der Waals surface area (Å²) in [6.07, 6.45) is 1.38. The topological polar surface area (TPSA) is 54.7 Å². The van der Waals surface area contributed by atoms with Gasteiger partial charge in [0.15, 0.2) is 0 Å². The average molecular weight is 370 g/mol. The standard InChI is InChI=1S/C20H17ClFN3O/c1-11-20(12(2)26-25-11)14-5-7-17-18(10-14)24-19(23-17)8-4-13-3-6-15(21)16(22)9-13/h3,5-7,9-10H,4,8H2,1-2H3,(H,23,24). The first kappa shape index (κ1) is 16.8. The second kappa shape index (κ2) is 6.57. The Morgan fingerprint density at radius 3 is 2.69 bits per heavy atom. The third-order valence-corrected chi connectivity index (χ3v) is 4.79. The first-order valence-electron chi connectivity index (χ1n) is 8.37. The van der Waals surface area contributed by atoms with Crippen LogP contribution in [0.5, 0.6) is 0 Å². The Morgan fingerprint density at radius 2 is 1.96 bits per heavy atom. The molecule has 0 saturated heterocycles. The molecule has 0 aliphatic carbocycles. The molecule has 0 amide bonds. The molecule has 4 rings (SSSR count). The molecule has 0 fully saturated rings. The molecule has 0 saturated carbocycles. The molecule has 0 aliphatic heterocycles. The summed E-state index contributed by atoms with van der Waals surface area (Å²) >= 11 is 5.73. The van der Waals surface area contributed by atoms with E-state index < -0.39 is 5.82 Å². The summed E-state index contributed by atoms with van der Waals surface area (Å²) in [5, 5.41) is 4.16.